The first kappa shape index (κ1) is 20.8. The smallest absolute Gasteiger partial charge is 0.261 e. The maximum Gasteiger partial charge on any atom is 0.261 e. The van der Waals surface area contributed by atoms with Gasteiger partial charge in [-0.3, -0.25) is 9.10 Å². The summed E-state index contributed by atoms with van der Waals surface area (Å²) in [4.78, 5) is 12.3. The first-order valence-corrected chi connectivity index (χ1v) is 10.7. The lowest BCUT2D eigenvalue weighted by Gasteiger charge is -2.19. The van der Waals surface area contributed by atoms with Crippen LogP contribution < -0.4 is 14.4 Å². The van der Waals surface area contributed by atoms with Gasteiger partial charge in [0.2, 0.25) is 10.0 Å². The van der Waals surface area contributed by atoms with Crippen LogP contribution in [-0.4, -0.2) is 40.3 Å². The normalized spacial score (nSPS) is 12.4. The molecule has 0 aliphatic heterocycles. The molecule has 1 N–H and O–H groups in total. The van der Waals surface area contributed by atoms with Gasteiger partial charge >= 0.3 is 0 Å². The van der Waals surface area contributed by atoms with E-state index in [2.05, 4.69) is 5.32 Å². The number of carbonyl (C=O) groups excluding carboxylic acids is 1. The lowest BCUT2D eigenvalue weighted by Crippen LogP contribution is -2.38. The Kier molecular flexibility index (Phi) is 7.29. The predicted octanol–water partition coefficient (Wildman–Crippen LogP) is 2.58. The fraction of sp³-hybridized carbons (Fsp3) is 0.421. The van der Waals surface area contributed by atoms with Gasteiger partial charge in [-0.2, -0.15) is 0 Å². The molecule has 0 saturated heterocycles. The van der Waals surface area contributed by atoms with E-state index in [1.54, 1.807) is 30.5 Å². The number of furan rings is 1. The summed E-state index contributed by atoms with van der Waals surface area (Å²) in [5, 5.41) is 2.87. The second-order valence-electron chi connectivity index (χ2n) is 6.21. The van der Waals surface area contributed by atoms with E-state index in [1.165, 1.54) is 11.4 Å². The molecule has 0 bridgehead atoms. The summed E-state index contributed by atoms with van der Waals surface area (Å²) in [6, 6.07) is 10.3. The highest BCUT2D eigenvalue weighted by molar-refractivity contribution is 7.92. The standard InChI is InChI=1S/C19H26N2O5S/c1-4-18(19(22)20-13-5-7-16-8-6-14-25-16)26-17-11-9-15(10-12-17)21(2)27(3,23)24/h6,8-12,14,18H,4-5,7,13H2,1-3H3,(H,20,22). The highest BCUT2D eigenvalue weighted by atomic mass is 32.2. The van der Waals surface area contributed by atoms with Crippen molar-refractivity contribution in [1.29, 1.82) is 0 Å². The number of hydrogen-bond donors (Lipinski definition) is 1. The Hall–Kier alpha value is -2.48. The van der Waals surface area contributed by atoms with Gasteiger partial charge in [-0.1, -0.05) is 6.92 Å². The molecule has 0 fully saturated rings. The second kappa shape index (κ2) is 9.45. The molecule has 148 valence electrons. The van der Waals surface area contributed by atoms with Crippen molar-refractivity contribution in [3.8, 4) is 5.75 Å². The summed E-state index contributed by atoms with van der Waals surface area (Å²) in [5.41, 5.74) is 0.528. The van der Waals surface area contributed by atoms with Crippen molar-refractivity contribution in [1.82, 2.24) is 5.32 Å². The van der Waals surface area contributed by atoms with E-state index in [9.17, 15) is 13.2 Å². The Bertz CT molecular complexity index is 816. The van der Waals surface area contributed by atoms with Crippen LogP contribution in [0.2, 0.25) is 0 Å². The van der Waals surface area contributed by atoms with Crippen LogP contribution in [0.1, 0.15) is 25.5 Å². The van der Waals surface area contributed by atoms with Crippen molar-refractivity contribution in [3.05, 3.63) is 48.4 Å². The van der Waals surface area contributed by atoms with Crippen LogP contribution in [-0.2, 0) is 21.2 Å². The van der Waals surface area contributed by atoms with Crippen molar-refractivity contribution in [2.45, 2.75) is 32.3 Å². The van der Waals surface area contributed by atoms with E-state index in [-0.39, 0.29) is 5.91 Å². The SMILES string of the molecule is CCC(Oc1ccc(N(C)S(C)(=O)=O)cc1)C(=O)NCCCc1ccco1. The van der Waals surface area contributed by atoms with E-state index in [4.69, 9.17) is 9.15 Å². The number of nitrogens with one attached hydrogen (secondary N) is 1. The van der Waals surface area contributed by atoms with Crippen LogP contribution in [0, 0.1) is 0 Å². The number of benzene rings is 1. The Morgan fingerprint density at radius 2 is 1.96 bits per heavy atom. The van der Waals surface area contributed by atoms with Crippen LogP contribution in [0.5, 0.6) is 5.75 Å². The molecule has 1 amide bonds. The highest BCUT2D eigenvalue weighted by Crippen LogP contribution is 2.21. The largest absolute Gasteiger partial charge is 0.481 e. The van der Waals surface area contributed by atoms with E-state index in [1.807, 2.05) is 19.1 Å². The van der Waals surface area contributed by atoms with Gasteiger partial charge in [0.15, 0.2) is 6.10 Å². The minimum Gasteiger partial charge on any atom is -0.481 e. The average Bonchev–Trinajstić information content (AvgIpc) is 3.15. The van der Waals surface area contributed by atoms with Crippen molar-refractivity contribution in [3.63, 3.8) is 0 Å². The third kappa shape index (κ3) is 6.32. The number of carbonyl (C=O) groups is 1. The second-order valence-corrected chi connectivity index (χ2v) is 8.23. The number of nitrogens with zero attached hydrogens (tertiary/aromatic N) is 1. The minimum absolute atomic E-state index is 0.172. The predicted molar refractivity (Wildman–Crippen MR) is 104 cm³/mol. The van der Waals surface area contributed by atoms with E-state index in [0.717, 1.165) is 24.9 Å². The van der Waals surface area contributed by atoms with Gasteiger partial charge in [-0.25, -0.2) is 8.42 Å². The zero-order valence-electron chi connectivity index (χ0n) is 15.8. The summed E-state index contributed by atoms with van der Waals surface area (Å²) in [6.45, 7) is 2.41. The maximum absolute atomic E-state index is 12.3. The first-order valence-electron chi connectivity index (χ1n) is 8.82. The molecular weight excluding hydrogens is 368 g/mol. The molecule has 7 nitrogen and oxygen atoms in total. The molecule has 1 unspecified atom stereocenters. The van der Waals surface area contributed by atoms with E-state index < -0.39 is 16.1 Å². The molecule has 0 aliphatic rings. The number of hydrogen-bond acceptors (Lipinski definition) is 5. The molecule has 8 heteroatoms. The van der Waals surface area contributed by atoms with Gasteiger partial charge < -0.3 is 14.5 Å². The summed E-state index contributed by atoms with van der Waals surface area (Å²) in [5.74, 6) is 1.24. The molecule has 0 spiro atoms. The molecule has 2 rings (SSSR count). The molecule has 2 aromatic rings. The lowest BCUT2D eigenvalue weighted by molar-refractivity contribution is -0.128. The zero-order valence-corrected chi connectivity index (χ0v) is 16.7. The molecule has 1 aromatic carbocycles. The molecular formula is C19H26N2O5S. The fourth-order valence-corrected chi connectivity index (χ4v) is 2.96. The maximum atomic E-state index is 12.3. The van der Waals surface area contributed by atoms with Crippen LogP contribution in [0.4, 0.5) is 5.69 Å². The summed E-state index contributed by atoms with van der Waals surface area (Å²) in [7, 11) is -1.84. The van der Waals surface area contributed by atoms with Crippen LogP contribution in [0.15, 0.2) is 47.1 Å². The van der Waals surface area contributed by atoms with Gasteiger partial charge in [-0.15, -0.1) is 0 Å². The topological polar surface area (TPSA) is 88.8 Å². The summed E-state index contributed by atoms with van der Waals surface area (Å²) < 4.78 is 35.3. The molecule has 1 heterocycles. The van der Waals surface area contributed by atoms with Gasteiger partial charge in [0.25, 0.3) is 5.91 Å². The monoisotopic (exact) mass is 394 g/mol. The zero-order chi connectivity index (χ0) is 19.9. The Balaban J connectivity index is 1.85. The quantitative estimate of drug-likeness (QED) is 0.626. The average molecular weight is 394 g/mol. The van der Waals surface area contributed by atoms with E-state index >= 15 is 0 Å². The molecule has 0 aliphatic carbocycles. The van der Waals surface area contributed by atoms with Crippen molar-refractivity contribution in [2.75, 3.05) is 24.2 Å². The number of aryl methyl sites for hydroxylation is 1. The Labute approximate surface area is 160 Å². The molecule has 0 saturated carbocycles. The first-order chi connectivity index (χ1) is 12.8. The lowest BCUT2D eigenvalue weighted by atomic mass is 10.2. The third-order valence-corrected chi connectivity index (χ3v) is 5.32. The number of ether oxygens (including phenoxy) is 1. The number of sulfonamides is 1. The molecule has 27 heavy (non-hydrogen) atoms. The Morgan fingerprint density at radius 3 is 2.52 bits per heavy atom. The number of amides is 1. The van der Waals surface area contributed by atoms with E-state index in [0.29, 0.717) is 24.4 Å². The summed E-state index contributed by atoms with van der Waals surface area (Å²) >= 11 is 0. The van der Waals surface area contributed by atoms with Crippen molar-refractivity contribution in [2.24, 2.45) is 0 Å². The molecule has 1 aromatic heterocycles. The summed E-state index contributed by atoms with van der Waals surface area (Å²) in [6.07, 6.45) is 4.23. The van der Waals surface area contributed by atoms with Gasteiger partial charge in [-0.05, 0) is 49.2 Å². The van der Waals surface area contributed by atoms with Crippen LogP contribution in [0.25, 0.3) is 0 Å². The molecule has 1 atom stereocenters. The number of anilines is 1. The highest BCUT2D eigenvalue weighted by Gasteiger charge is 2.18. The van der Waals surface area contributed by atoms with Crippen molar-refractivity contribution >= 4 is 21.6 Å². The van der Waals surface area contributed by atoms with Crippen LogP contribution >= 0.6 is 0 Å². The van der Waals surface area contributed by atoms with Gasteiger partial charge in [0.1, 0.15) is 11.5 Å². The minimum atomic E-state index is -3.32. The van der Waals surface area contributed by atoms with Gasteiger partial charge in [0, 0.05) is 20.0 Å². The van der Waals surface area contributed by atoms with Crippen molar-refractivity contribution < 1.29 is 22.4 Å². The van der Waals surface area contributed by atoms with Gasteiger partial charge in [0.05, 0.1) is 18.2 Å². The molecule has 0 radical (unpaired) electrons. The third-order valence-electron chi connectivity index (χ3n) is 4.12. The number of rotatable bonds is 10. The Morgan fingerprint density at radius 1 is 1.26 bits per heavy atom. The van der Waals surface area contributed by atoms with Crippen LogP contribution in [0.3, 0.4) is 0 Å². The fourth-order valence-electron chi connectivity index (χ4n) is 2.46.